The Morgan fingerprint density at radius 1 is 1.52 bits per heavy atom. The van der Waals surface area contributed by atoms with Crippen molar-refractivity contribution in [3.8, 4) is 0 Å². The zero-order valence-electron chi connectivity index (χ0n) is 14.1. The first-order valence-electron chi connectivity index (χ1n) is 8.01. The second-order valence-corrected chi connectivity index (χ2v) is 6.01. The molecule has 0 amide bonds. The highest BCUT2D eigenvalue weighted by Crippen LogP contribution is 2.33. The summed E-state index contributed by atoms with van der Waals surface area (Å²) in [4.78, 5) is 11.4. The molecule has 11 nitrogen and oxygen atoms in total. The van der Waals surface area contributed by atoms with E-state index in [4.69, 9.17) is 4.63 Å². The van der Waals surface area contributed by atoms with Gasteiger partial charge in [0.15, 0.2) is 17.4 Å². The van der Waals surface area contributed by atoms with Crippen molar-refractivity contribution in [2.24, 2.45) is 12.2 Å². The number of benzene rings is 1. The maximum absolute atomic E-state index is 13.4. The molecule has 0 bridgehead atoms. The second-order valence-electron chi connectivity index (χ2n) is 6.01. The average Bonchev–Trinajstić information content (AvgIpc) is 3.24. The largest absolute Gasteiger partial charge is 0.409 e. The van der Waals surface area contributed by atoms with Gasteiger partial charge >= 0.3 is 5.69 Å². The highest BCUT2D eigenvalue weighted by molar-refractivity contribution is 6.00. The smallest absolute Gasteiger partial charge is 0.343 e. The lowest BCUT2D eigenvalue weighted by Crippen LogP contribution is -2.36. The standard InChI is InChI=1S/C15H15FN8O3/c1-24-11(19-20-15(24)25)6-17-13-12(22-27-23-13)14(21-26)18-10-4-7-2-3-8(16)5-9(7)10/h2-3,5,10,26H,4,6H2,1H3,(H,17,23)(H,18,21)(H,20,25). The van der Waals surface area contributed by atoms with E-state index in [1.54, 1.807) is 13.1 Å². The molecule has 27 heavy (non-hydrogen) atoms. The van der Waals surface area contributed by atoms with E-state index >= 15 is 0 Å². The molecule has 2 heterocycles. The van der Waals surface area contributed by atoms with Crippen molar-refractivity contribution in [1.29, 1.82) is 0 Å². The molecule has 140 valence electrons. The Balaban J connectivity index is 1.49. The summed E-state index contributed by atoms with van der Waals surface area (Å²) in [5.41, 5.74) is 1.60. The van der Waals surface area contributed by atoms with E-state index in [-0.39, 0.29) is 41.4 Å². The van der Waals surface area contributed by atoms with Crippen LogP contribution in [0, 0.1) is 5.82 Å². The van der Waals surface area contributed by atoms with Gasteiger partial charge < -0.3 is 15.8 Å². The van der Waals surface area contributed by atoms with Crippen LogP contribution in [0.5, 0.6) is 0 Å². The number of oxime groups is 1. The molecular weight excluding hydrogens is 359 g/mol. The number of amidine groups is 1. The van der Waals surface area contributed by atoms with Crippen molar-refractivity contribution in [2.45, 2.75) is 19.0 Å². The predicted octanol–water partition coefficient (Wildman–Crippen LogP) is 0.265. The summed E-state index contributed by atoms with van der Waals surface area (Å²) < 4.78 is 19.5. The van der Waals surface area contributed by atoms with Crippen LogP contribution in [0.1, 0.15) is 28.7 Å². The van der Waals surface area contributed by atoms with Crippen LogP contribution in [-0.4, -0.2) is 36.1 Å². The number of nitrogens with zero attached hydrogens (tertiary/aromatic N) is 5. The lowest BCUT2D eigenvalue weighted by atomic mass is 9.83. The average molecular weight is 374 g/mol. The lowest BCUT2D eigenvalue weighted by molar-refractivity contribution is 0.303. The predicted molar refractivity (Wildman–Crippen MR) is 89.8 cm³/mol. The van der Waals surface area contributed by atoms with Crippen molar-refractivity contribution >= 4 is 11.7 Å². The highest BCUT2D eigenvalue weighted by Gasteiger charge is 2.29. The SMILES string of the molecule is Cn1c(CNc2nonc2/C(=N\O)NC2Cc3ccc(F)cc32)n[nH]c1=O. The fraction of sp³-hybridized carbons (Fsp3) is 0.267. The highest BCUT2D eigenvalue weighted by atomic mass is 19.1. The molecule has 0 aliphatic heterocycles. The number of fused-ring (bicyclic) bond motifs is 1. The zero-order chi connectivity index (χ0) is 19.0. The van der Waals surface area contributed by atoms with E-state index in [1.807, 2.05) is 0 Å². The van der Waals surface area contributed by atoms with Crippen LogP contribution in [0.4, 0.5) is 10.2 Å². The summed E-state index contributed by atoms with van der Waals surface area (Å²) in [5, 5.41) is 32.2. The van der Waals surface area contributed by atoms with Crippen LogP contribution in [0.2, 0.25) is 0 Å². The molecule has 1 aliphatic carbocycles. The summed E-state index contributed by atoms with van der Waals surface area (Å²) >= 11 is 0. The fourth-order valence-electron chi connectivity index (χ4n) is 2.87. The van der Waals surface area contributed by atoms with Gasteiger partial charge in [-0.05, 0) is 40.0 Å². The van der Waals surface area contributed by atoms with Crippen molar-refractivity contribution in [2.75, 3.05) is 5.32 Å². The Bertz CT molecular complexity index is 1070. The Labute approximate surface area is 150 Å². The molecule has 0 saturated heterocycles. The van der Waals surface area contributed by atoms with Gasteiger partial charge in [0, 0.05) is 7.05 Å². The molecule has 3 aromatic rings. The minimum absolute atomic E-state index is 0.0228. The maximum atomic E-state index is 13.4. The number of anilines is 1. The summed E-state index contributed by atoms with van der Waals surface area (Å²) in [6.45, 7) is 0.159. The third-order valence-corrected chi connectivity index (χ3v) is 4.42. The summed E-state index contributed by atoms with van der Waals surface area (Å²) in [6, 6.07) is 4.33. The minimum Gasteiger partial charge on any atom is -0.409 e. The van der Waals surface area contributed by atoms with Crippen LogP contribution in [-0.2, 0) is 20.0 Å². The van der Waals surface area contributed by atoms with Gasteiger partial charge in [-0.2, -0.15) is 5.10 Å². The van der Waals surface area contributed by atoms with Gasteiger partial charge in [-0.15, -0.1) is 0 Å². The molecule has 0 spiro atoms. The zero-order valence-corrected chi connectivity index (χ0v) is 14.1. The number of nitrogens with one attached hydrogen (secondary N) is 3. The number of hydrogen-bond donors (Lipinski definition) is 4. The molecular formula is C15H15FN8O3. The van der Waals surface area contributed by atoms with E-state index in [1.165, 1.54) is 16.7 Å². The fourth-order valence-corrected chi connectivity index (χ4v) is 2.87. The summed E-state index contributed by atoms with van der Waals surface area (Å²) in [7, 11) is 1.57. The normalized spacial score (nSPS) is 15.9. The van der Waals surface area contributed by atoms with E-state index in [9.17, 15) is 14.4 Å². The molecule has 1 atom stereocenters. The Morgan fingerprint density at radius 3 is 3.11 bits per heavy atom. The van der Waals surface area contributed by atoms with Crippen LogP contribution >= 0.6 is 0 Å². The monoisotopic (exact) mass is 374 g/mol. The number of H-pyrrole nitrogens is 1. The Hall–Kier alpha value is -3.70. The number of halogens is 1. The Kier molecular flexibility index (Phi) is 4.06. The van der Waals surface area contributed by atoms with Gasteiger partial charge in [-0.1, -0.05) is 11.2 Å². The first-order chi connectivity index (χ1) is 13.1. The molecule has 1 unspecified atom stereocenters. The molecule has 1 aliphatic rings. The van der Waals surface area contributed by atoms with Gasteiger partial charge in [-0.25, -0.2) is 18.9 Å². The molecule has 12 heteroatoms. The molecule has 4 rings (SSSR count). The lowest BCUT2D eigenvalue weighted by Gasteiger charge is -2.31. The van der Waals surface area contributed by atoms with Crippen LogP contribution in [0.3, 0.4) is 0 Å². The number of aromatic amines is 1. The van der Waals surface area contributed by atoms with Gasteiger partial charge in [0.2, 0.25) is 5.82 Å². The Morgan fingerprint density at radius 2 is 2.37 bits per heavy atom. The first-order valence-corrected chi connectivity index (χ1v) is 8.01. The molecule has 0 fully saturated rings. The van der Waals surface area contributed by atoms with Crippen LogP contribution in [0.25, 0.3) is 0 Å². The summed E-state index contributed by atoms with van der Waals surface area (Å²) in [6.07, 6.45) is 0.651. The van der Waals surface area contributed by atoms with E-state index in [0.717, 1.165) is 11.1 Å². The third-order valence-electron chi connectivity index (χ3n) is 4.42. The maximum Gasteiger partial charge on any atom is 0.343 e. The summed E-state index contributed by atoms with van der Waals surface area (Å²) in [5.74, 6) is 0.324. The third kappa shape index (κ3) is 3.01. The van der Waals surface area contributed by atoms with Crippen LogP contribution in [0.15, 0.2) is 32.8 Å². The van der Waals surface area contributed by atoms with E-state index in [0.29, 0.717) is 12.2 Å². The number of rotatable bonds is 5. The van der Waals surface area contributed by atoms with Gasteiger partial charge in [-0.3, -0.25) is 4.57 Å². The quantitative estimate of drug-likeness (QED) is 0.215. The van der Waals surface area contributed by atoms with Gasteiger partial charge in [0.05, 0.1) is 12.6 Å². The van der Waals surface area contributed by atoms with Crippen molar-refractivity contribution < 1.29 is 14.2 Å². The van der Waals surface area contributed by atoms with Crippen molar-refractivity contribution in [1.82, 2.24) is 30.4 Å². The molecule has 2 aromatic heterocycles. The van der Waals surface area contributed by atoms with Gasteiger partial charge in [0.25, 0.3) is 0 Å². The molecule has 4 N–H and O–H groups in total. The molecule has 0 radical (unpaired) electrons. The van der Waals surface area contributed by atoms with Crippen LogP contribution < -0.4 is 16.3 Å². The molecule has 0 saturated carbocycles. The van der Waals surface area contributed by atoms with Gasteiger partial charge in [0.1, 0.15) is 5.82 Å². The first kappa shape index (κ1) is 16.8. The second kappa shape index (κ2) is 6.55. The molecule has 1 aromatic carbocycles. The minimum atomic E-state index is -0.347. The topological polar surface area (TPSA) is 146 Å². The van der Waals surface area contributed by atoms with Crippen molar-refractivity contribution in [3.63, 3.8) is 0 Å². The van der Waals surface area contributed by atoms with E-state index < -0.39 is 0 Å². The number of aromatic nitrogens is 5. The van der Waals surface area contributed by atoms with Crippen molar-refractivity contribution in [3.05, 3.63) is 57.1 Å². The van der Waals surface area contributed by atoms with E-state index in [2.05, 4.69) is 36.3 Å². The number of hydrogen-bond acceptors (Lipinski definition) is 8.